The number of amides is 1. The average molecular weight is 244 g/mol. The fraction of sp³-hybridized carbons (Fsp3) is 0.625. The lowest BCUT2D eigenvalue weighted by Crippen LogP contribution is -2.27. The smallest absolute Gasteiger partial charge is 0.407 e. The van der Waals surface area contributed by atoms with Crippen LogP contribution in [0.5, 0.6) is 5.19 Å². The molecule has 1 aliphatic heterocycles. The normalized spacial score (nSPS) is 20.0. The molecule has 7 nitrogen and oxygen atoms in total. The number of hydrogen-bond acceptors (Lipinski definition) is 6. The van der Waals surface area contributed by atoms with Crippen molar-refractivity contribution in [2.24, 2.45) is 5.92 Å². The minimum absolute atomic E-state index is 0.223. The minimum Gasteiger partial charge on any atom is -0.469 e. The van der Waals surface area contributed by atoms with Crippen molar-refractivity contribution in [1.82, 2.24) is 15.1 Å². The van der Waals surface area contributed by atoms with Gasteiger partial charge < -0.3 is 20.5 Å². The molecule has 0 bridgehead atoms. The van der Waals surface area contributed by atoms with Crippen molar-refractivity contribution in [3.05, 3.63) is 0 Å². The minimum atomic E-state index is -0.873. The number of rotatable bonds is 3. The first-order chi connectivity index (χ1) is 7.65. The van der Waals surface area contributed by atoms with E-state index in [0.29, 0.717) is 30.0 Å². The van der Waals surface area contributed by atoms with Gasteiger partial charge in [0.2, 0.25) is 5.13 Å². The molecule has 0 radical (unpaired) electrons. The number of carboxylic acid groups (broad SMARTS) is 1. The quantitative estimate of drug-likeness (QED) is 0.802. The molecular formula is C8H12N4O3S. The van der Waals surface area contributed by atoms with Crippen molar-refractivity contribution in [3.63, 3.8) is 0 Å². The lowest BCUT2D eigenvalue weighted by molar-refractivity contribution is 0.151. The largest absolute Gasteiger partial charge is 0.469 e. The molecule has 8 heteroatoms. The van der Waals surface area contributed by atoms with Crippen molar-refractivity contribution in [1.29, 1.82) is 0 Å². The van der Waals surface area contributed by atoms with E-state index in [1.165, 1.54) is 16.2 Å². The van der Waals surface area contributed by atoms with Gasteiger partial charge in [-0.25, -0.2) is 4.79 Å². The molecule has 0 aliphatic carbocycles. The van der Waals surface area contributed by atoms with E-state index in [-0.39, 0.29) is 5.92 Å². The number of ether oxygens (including phenoxy) is 1. The first-order valence-electron chi connectivity index (χ1n) is 4.85. The number of nitrogens with two attached hydrogens (primary N) is 1. The van der Waals surface area contributed by atoms with E-state index in [1.807, 2.05) is 0 Å². The summed E-state index contributed by atoms with van der Waals surface area (Å²) in [6, 6.07) is 0. The van der Waals surface area contributed by atoms with Gasteiger partial charge in [0, 0.05) is 19.0 Å². The first-order valence-corrected chi connectivity index (χ1v) is 5.66. The standard InChI is InChI=1S/C8H12N4O3S/c9-6-10-11-7(16-6)15-4-5-1-2-12(3-5)8(13)14/h5H,1-4H2,(H2,9,10)(H,13,14)/t5-/m0/s1. The van der Waals surface area contributed by atoms with Crippen LogP contribution in [0.1, 0.15) is 6.42 Å². The highest BCUT2D eigenvalue weighted by molar-refractivity contribution is 7.16. The lowest BCUT2D eigenvalue weighted by Gasteiger charge is -2.11. The van der Waals surface area contributed by atoms with E-state index in [4.69, 9.17) is 15.6 Å². The summed E-state index contributed by atoms with van der Waals surface area (Å²) in [4.78, 5) is 12.1. The van der Waals surface area contributed by atoms with Crippen LogP contribution in [0, 0.1) is 5.92 Å². The van der Waals surface area contributed by atoms with E-state index < -0.39 is 6.09 Å². The van der Waals surface area contributed by atoms with Crippen LogP contribution >= 0.6 is 11.3 Å². The van der Waals surface area contributed by atoms with Crippen LogP contribution in [0.25, 0.3) is 0 Å². The highest BCUT2D eigenvalue weighted by Gasteiger charge is 2.26. The Balaban J connectivity index is 1.77. The average Bonchev–Trinajstić information content (AvgIpc) is 2.83. The molecular weight excluding hydrogens is 232 g/mol. The number of nitrogen functional groups attached to an aromatic ring is 1. The van der Waals surface area contributed by atoms with Crippen molar-refractivity contribution < 1.29 is 14.6 Å². The van der Waals surface area contributed by atoms with Gasteiger partial charge in [-0.1, -0.05) is 5.10 Å². The second-order valence-electron chi connectivity index (χ2n) is 3.60. The molecule has 0 spiro atoms. The number of nitrogens with zero attached hydrogens (tertiary/aromatic N) is 3. The SMILES string of the molecule is Nc1nnc(OC[C@H]2CCN(C(=O)O)C2)s1. The van der Waals surface area contributed by atoms with Crippen LogP contribution in [-0.2, 0) is 0 Å². The molecule has 1 aliphatic rings. The summed E-state index contributed by atoms with van der Waals surface area (Å²) in [5.74, 6) is 0.223. The van der Waals surface area contributed by atoms with E-state index in [1.54, 1.807) is 0 Å². The molecule has 2 rings (SSSR count). The topological polar surface area (TPSA) is 102 Å². The second kappa shape index (κ2) is 4.52. The molecule has 1 fully saturated rings. The van der Waals surface area contributed by atoms with Gasteiger partial charge in [-0.2, -0.15) is 0 Å². The van der Waals surface area contributed by atoms with Crippen molar-refractivity contribution in [2.45, 2.75) is 6.42 Å². The summed E-state index contributed by atoms with van der Waals surface area (Å²) in [7, 11) is 0. The molecule has 88 valence electrons. The number of likely N-dealkylation sites (tertiary alicyclic amines) is 1. The van der Waals surface area contributed by atoms with Crippen LogP contribution in [0.2, 0.25) is 0 Å². The van der Waals surface area contributed by atoms with E-state index in [2.05, 4.69) is 10.2 Å². The Morgan fingerprint density at radius 1 is 1.69 bits per heavy atom. The third-order valence-electron chi connectivity index (χ3n) is 2.42. The van der Waals surface area contributed by atoms with Gasteiger partial charge in [0.15, 0.2) is 0 Å². The monoisotopic (exact) mass is 244 g/mol. The summed E-state index contributed by atoms with van der Waals surface area (Å²) in [5.41, 5.74) is 5.40. The molecule has 0 unspecified atom stereocenters. The summed E-state index contributed by atoms with van der Waals surface area (Å²) >= 11 is 1.18. The van der Waals surface area contributed by atoms with E-state index in [0.717, 1.165) is 6.42 Å². The van der Waals surface area contributed by atoms with Gasteiger partial charge in [-0.05, 0) is 17.8 Å². The Morgan fingerprint density at radius 2 is 2.50 bits per heavy atom. The molecule has 3 N–H and O–H groups in total. The van der Waals surface area contributed by atoms with Crippen molar-refractivity contribution in [3.8, 4) is 5.19 Å². The van der Waals surface area contributed by atoms with Crippen LogP contribution in [0.3, 0.4) is 0 Å². The summed E-state index contributed by atoms with van der Waals surface area (Å²) < 4.78 is 5.38. The van der Waals surface area contributed by atoms with Crippen molar-refractivity contribution >= 4 is 22.6 Å². The second-order valence-corrected chi connectivity index (χ2v) is 4.57. The molecule has 0 aromatic carbocycles. The molecule has 1 amide bonds. The number of carbonyl (C=O) groups is 1. The van der Waals surface area contributed by atoms with E-state index >= 15 is 0 Å². The summed E-state index contributed by atoms with van der Waals surface area (Å²) in [5, 5.41) is 16.9. The molecule has 1 saturated heterocycles. The Bertz CT molecular complexity index is 383. The lowest BCUT2D eigenvalue weighted by atomic mass is 10.1. The van der Waals surface area contributed by atoms with Gasteiger partial charge in [0.25, 0.3) is 5.19 Å². The van der Waals surface area contributed by atoms with Crippen LogP contribution in [0.15, 0.2) is 0 Å². The first kappa shape index (κ1) is 10.9. The highest BCUT2D eigenvalue weighted by atomic mass is 32.1. The summed E-state index contributed by atoms with van der Waals surface area (Å²) in [6.07, 6.45) is -0.0525. The molecule has 0 saturated carbocycles. The zero-order valence-corrected chi connectivity index (χ0v) is 9.31. The van der Waals surface area contributed by atoms with Gasteiger partial charge in [0.05, 0.1) is 6.61 Å². The maximum absolute atomic E-state index is 10.7. The predicted molar refractivity (Wildman–Crippen MR) is 57.5 cm³/mol. The molecule has 2 heterocycles. The Hall–Kier alpha value is -1.57. The van der Waals surface area contributed by atoms with Crippen molar-refractivity contribution in [2.75, 3.05) is 25.4 Å². The molecule has 1 atom stereocenters. The zero-order valence-electron chi connectivity index (χ0n) is 8.50. The molecule has 1 aromatic rings. The number of aromatic nitrogens is 2. The fourth-order valence-corrected chi connectivity index (χ4v) is 2.08. The fourth-order valence-electron chi connectivity index (χ4n) is 1.61. The summed E-state index contributed by atoms with van der Waals surface area (Å²) in [6.45, 7) is 1.55. The maximum Gasteiger partial charge on any atom is 0.407 e. The third kappa shape index (κ3) is 2.51. The molecule has 1 aromatic heterocycles. The zero-order chi connectivity index (χ0) is 11.5. The Morgan fingerprint density at radius 3 is 3.06 bits per heavy atom. The third-order valence-corrected chi connectivity index (χ3v) is 3.09. The predicted octanol–water partition coefficient (Wildman–Crippen LogP) is 0.499. The Kier molecular flexibility index (Phi) is 3.09. The van der Waals surface area contributed by atoms with E-state index in [9.17, 15) is 4.79 Å². The van der Waals surface area contributed by atoms with Gasteiger partial charge in [-0.3, -0.25) is 0 Å². The highest BCUT2D eigenvalue weighted by Crippen LogP contribution is 2.22. The molecule has 16 heavy (non-hydrogen) atoms. The maximum atomic E-state index is 10.7. The van der Waals surface area contributed by atoms with Gasteiger partial charge in [0.1, 0.15) is 0 Å². The van der Waals surface area contributed by atoms with Crippen LogP contribution < -0.4 is 10.5 Å². The number of hydrogen-bond donors (Lipinski definition) is 2. The van der Waals surface area contributed by atoms with Gasteiger partial charge >= 0.3 is 6.09 Å². The Labute approximate surface area is 95.8 Å². The van der Waals surface area contributed by atoms with Crippen LogP contribution in [0.4, 0.5) is 9.93 Å². The number of anilines is 1. The van der Waals surface area contributed by atoms with Crippen LogP contribution in [-0.4, -0.2) is 46.0 Å². The van der Waals surface area contributed by atoms with Gasteiger partial charge in [-0.15, -0.1) is 5.10 Å².